The van der Waals surface area contributed by atoms with Crippen LogP contribution >= 0.6 is 0 Å². The van der Waals surface area contributed by atoms with Crippen molar-refractivity contribution in [2.24, 2.45) is 5.92 Å². The van der Waals surface area contributed by atoms with Crippen LogP contribution < -0.4 is 5.32 Å². The fourth-order valence-corrected chi connectivity index (χ4v) is 4.42. The van der Waals surface area contributed by atoms with Gasteiger partial charge in [0.2, 0.25) is 0 Å². The van der Waals surface area contributed by atoms with Crippen molar-refractivity contribution in [3.05, 3.63) is 79.0 Å². The van der Waals surface area contributed by atoms with Crippen molar-refractivity contribution < 1.29 is 5.11 Å². The van der Waals surface area contributed by atoms with Gasteiger partial charge >= 0.3 is 0 Å². The molecular weight excluding hydrogens is 362 g/mol. The van der Waals surface area contributed by atoms with Crippen LogP contribution in [0.2, 0.25) is 0 Å². The highest BCUT2D eigenvalue weighted by Crippen LogP contribution is 2.29. The first kappa shape index (κ1) is 18.1. The highest BCUT2D eigenvalue weighted by atomic mass is 16.3. The van der Waals surface area contributed by atoms with Gasteiger partial charge in [0.15, 0.2) is 0 Å². The number of hydrogen-bond donors (Lipinski definition) is 2. The third-order valence-electron chi connectivity index (χ3n) is 5.87. The van der Waals surface area contributed by atoms with Crippen molar-refractivity contribution in [3.63, 3.8) is 0 Å². The molecule has 4 aromatic rings. The lowest BCUT2D eigenvalue weighted by atomic mass is 10.1. The van der Waals surface area contributed by atoms with E-state index < -0.39 is 0 Å². The molecule has 0 radical (unpaired) electrons. The van der Waals surface area contributed by atoms with Gasteiger partial charge in [0.05, 0.1) is 18.0 Å². The maximum atomic E-state index is 10.6. The van der Waals surface area contributed by atoms with E-state index in [4.69, 9.17) is 0 Å². The lowest BCUT2D eigenvalue weighted by Crippen LogP contribution is -2.35. The molecule has 0 saturated heterocycles. The average molecular weight is 387 g/mol. The summed E-state index contributed by atoms with van der Waals surface area (Å²) >= 11 is 0. The third-order valence-corrected chi connectivity index (χ3v) is 5.87. The molecule has 3 atom stereocenters. The first-order chi connectivity index (χ1) is 14.3. The van der Waals surface area contributed by atoms with Gasteiger partial charge in [-0.25, -0.2) is 9.97 Å². The molecule has 3 heterocycles. The summed E-state index contributed by atoms with van der Waals surface area (Å²) in [7, 11) is 0. The van der Waals surface area contributed by atoms with Gasteiger partial charge < -0.3 is 19.4 Å². The molecule has 1 saturated carbocycles. The molecule has 1 fully saturated rings. The molecule has 0 amide bonds. The molecule has 2 N–H and O–H groups in total. The number of hydrogen-bond acceptors (Lipinski definition) is 4. The number of nitrogens with one attached hydrogen (secondary N) is 1. The summed E-state index contributed by atoms with van der Waals surface area (Å²) in [5.41, 5.74) is 3.18. The van der Waals surface area contributed by atoms with Crippen LogP contribution in [0.4, 0.5) is 0 Å². The SMILES string of the molecule is O[C@@H]1CC(Cn2ccnc2-c2ccccc2)C[C@H]1NCc1cnc2ccccn12. The summed E-state index contributed by atoms with van der Waals surface area (Å²) in [6.07, 6.45) is 9.24. The smallest absolute Gasteiger partial charge is 0.139 e. The molecule has 1 aliphatic carbocycles. The van der Waals surface area contributed by atoms with E-state index in [0.717, 1.165) is 42.1 Å². The maximum absolute atomic E-state index is 10.6. The van der Waals surface area contributed by atoms with E-state index in [0.29, 0.717) is 12.5 Å². The fourth-order valence-electron chi connectivity index (χ4n) is 4.42. The van der Waals surface area contributed by atoms with Crippen molar-refractivity contribution in [1.82, 2.24) is 24.3 Å². The summed E-state index contributed by atoms with van der Waals surface area (Å²) in [5.74, 6) is 1.41. The number of imidazole rings is 2. The molecule has 1 aromatic carbocycles. The highest BCUT2D eigenvalue weighted by Gasteiger charge is 2.33. The molecule has 1 aliphatic rings. The van der Waals surface area contributed by atoms with Crippen molar-refractivity contribution in [3.8, 4) is 11.4 Å². The van der Waals surface area contributed by atoms with E-state index in [1.807, 2.05) is 61.2 Å². The van der Waals surface area contributed by atoms with Crippen LogP contribution in [0.25, 0.3) is 17.0 Å². The van der Waals surface area contributed by atoms with Gasteiger partial charge in [0, 0.05) is 43.3 Å². The van der Waals surface area contributed by atoms with Crippen LogP contribution in [0, 0.1) is 5.92 Å². The first-order valence-electron chi connectivity index (χ1n) is 10.2. The van der Waals surface area contributed by atoms with Gasteiger partial charge in [0.25, 0.3) is 0 Å². The predicted molar refractivity (Wildman–Crippen MR) is 112 cm³/mol. The van der Waals surface area contributed by atoms with Crippen LogP contribution in [-0.4, -0.2) is 36.2 Å². The minimum absolute atomic E-state index is 0.0953. The van der Waals surface area contributed by atoms with E-state index in [1.165, 1.54) is 0 Å². The van der Waals surface area contributed by atoms with Crippen LogP contribution in [0.5, 0.6) is 0 Å². The van der Waals surface area contributed by atoms with Gasteiger partial charge in [-0.3, -0.25) is 0 Å². The van der Waals surface area contributed by atoms with Gasteiger partial charge in [-0.2, -0.15) is 0 Å². The van der Waals surface area contributed by atoms with E-state index in [2.05, 4.69) is 36.4 Å². The zero-order valence-electron chi connectivity index (χ0n) is 16.2. The number of rotatable bonds is 6. The maximum Gasteiger partial charge on any atom is 0.139 e. The molecule has 29 heavy (non-hydrogen) atoms. The summed E-state index contributed by atoms with van der Waals surface area (Å²) in [4.78, 5) is 8.98. The Morgan fingerprint density at radius 2 is 1.86 bits per heavy atom. The quantitative estimate of drug-likeness (QED) is 0.533. The number of nitrogens with zero attached hydrogens (tertiary/aromatic N) is 4. The van der Waals surface area contributed by atoms with Gasteiger partial charge in [-0.05, 0) is 30.9 Å². The third kappa shape index (κ3) is 3.69. The topological polar surface area (TPSA) is 67.4 Å². The standard InChI is InChI=1S/C23H25N5O/c29-21-13-17(16-27-11-9-24-23(27)18-6-2-1-3-7-18)12-20(21)25-14-19-15-26-22-8-4-5-10-28(19)22/h1-11,15,17,20-21,25,29H,12-14,16H2/t17?,20-,21-/m1/s1. The summed E-state index contributed by atoms with van der Waals surface area (Å²) in [6.45, 7) is 1.56. The number of aliphatic hydroxyl groups excluding tert-OH is 1. The molecular formula is C23H25N5O. The first-order valence-corrected chi connectivity index (χ1v) is 10.2. The van der Waals surface area contributed by atoms with Crippen molar-refractivity contribution >= 4 is 5.65 Å². The highest BCUT2D eigenvalue weighted by molar-refractivity contribution is 5.55. The van der Waals surface area contributed by atoms with Crippen molar-refractivity contribution in [1.29, 1.82) is 0 Å². The Balaban J connectivity index is 1.23. The molecule has 0 bridgehead atoms. The van der Waals surface area contributed by atoms with Gasteiger partial charge in [-0.1, -0.05) is 36.4 Å². The fraction of sp³-hybridized carbons (Fsp3) is 0.304. The van der Waals surface area contributed by atoms with E-state index >= 15 is 0 Å². The summed E-state index contributed by atoms with van der Waals surface area (Å²) in [6, 6.07) is 16.4. The predicted octanol–water partition coefficient (Wildman–Crippen LogP) is 3.13. The number of pyridine rings is 1. The van der Waals surface area contributed by atoms with Gasteiger partial charge in [0.1, 0.15) is 11.5 Å². The van der Waals surface area contributed by atoms with Crippen LogP contribution in [0.1, 0.15) is 18.5 Å². The molecule has 6 nitrogen and oxygen atoms in total. The Morgan fingerprint density at radius 3 is 2.76 bits per heavy atom. The lowest BCUT2D eigenvalue weighted by molar-refractivity contribution is 0.145. The molecule has 0 aliphatic heterocycles. The number of fused-ring (bicyclic) bond motifs is 1. The Labute approximate surface area is 169 Å². The summed E-state index contributed by atoms with van der Waals surface area (Å²) in [5, 5.41) is 14.2. The van der Waals surface area contributed by atoms with Crippen LogP contribution in [-0.2, 0) is 13.1 Å². The van der Waals surface area contributed by atoms with Crippen molar-refractivity contribution in [2.75, 3.05) is 0 Å². The Kier molecular flexibility index (Phi) is 4.87. The Hall–Kier alpha value is -2.96. The number of benzene rings is 1. The zero-order chi connectivity index (χ0) is 19.6. The van der Waals surface area contributed by atoms with E-state index in [-0.39, 0.29) is 12.1 Å². The second kappa shape index (κ2) is 7.81. The van der Waals surface area contributed by atoms with Crippen molar-refractivity contribution in [2.45, 2.75) is 38.1 Å². The molecule has 3 aromatic heterocycles. The molecule has 5 rings (SSSR count). The second-order valence-electron chi connectivity index (χ2n) is 7.84. The Morgan fingerprint density at radius 1 is 1.00 bits per heavy atom. The lowest BCUT2D eigenvalue weighted by Gasteiger charge is -2.16. The number of aromatic nitrogens is 4. The summed E-state index contributed by atoms with van der Waals surface area (Å²) < 4.78 is 4.29. The zero-order valence-corrected chi connectivity index (χ0v) is 16.2. The normalized spacial score (nSPS) is 21.8. The van der Waals surface area contributed by atoms with Crippen LogP contribution in [0.15, 0.2) is 73.3 Å². The van der Waals surface area contributed by atoms with Crippen LogP contribution in [0.3, 0.4) is 0 Å². The molecule has 1 unspecified atom stereocenters. The molecule has 0 spiro atoms. The largest absolute Gasteiger partial charge is 0.391 e. The number of aliphatic hydroxyl groups is 1. The van der Waals surface area contributed by atoms with Gasteiger partial charge in [-0.15, -0.1) is 0 Å². The molecule has 6 heteroatoms. The molecule has 148 valence electrons. The monoisotopic (exact) mass is 387 g/mol. The van der Waals surface area contributed by atoms with E-state index in [9.17, 15) is 5.11 Å². The average Bonchev–Trinajstić information content (AvgIpc) is 3.46. The Bertz CT molecular complexity index is 1090. The second-order valence-corrected chi connectivity index (χ2v) is 7.84. The minimum atomic E-state index is -0.331. The minimum Gasteiger partial charge on any atom is -0.391 e. The van der Waals surface area contributed by atoms with E-state index in [1.54, 1.807) is 0 Å².